The van der Waals surface area contributed by atoms with E-state index in [0.717, 1.165) is 17.1 Å². The summed E-state index contributed by atoms with van der Waals surface area (Å²) >= 11 is 9.33. The van der Waals surface area contributed by atoms with E-state index in [-0.39, 0.29) is 0 Å². The fourth-order valence-electron chi connectivity index (χ4n) is 1.81. The second-order valence-corrected chi connectivity index (χ2v) is 5.28. The minimum Gasteiger partial charge on any atom is -0.452 e. The van der Waals surface area contributed by atoms with Crippen molar-refractivity contribution in [1.29, 1.82) is 0 Å². The molecule has 2 heterocycles. The maximum atomic E-state index is 6.05. The van der Waals surface area contributed by atoms with Crippen molar-refractivity contribution in [2.75, 3.05) is 5.32 Å². The molecule has 0 saturated carbocycles. The van der Waals surface area contributed by atoms with Gasteiger partial charge in [-0.05, 0) is 46.3 Å². The summed E-state index contributed by atoms with van der Waals surface area (Å²) in [5.74, 6) is 0.821. The Bertz CT molecular complexity index is 711. The summed E-state index contributed by atoms with van der Waals surface area (Å²) in [4.78, 5) is 3.95. The zero-order valence-corrected chi connectivity index (χ0v) is 12.6. The van der Waals surface area contributed by atoms with Gasteiger partial charge < -0.3 is 9.73 Å². The molecule has 2 aromatic heterocycles. The summed E-state index contributed by atoms with van der Waals surface area (Å²) in [5.41, 5.74) is 1.73. The number of hydrogen-bond donors (Lipinski definition) is 1. The van der Waals surface area contributed by atoms with Gasteiger partial charge in [0.05, 0.1) is 17.9 Å². The van der Waals surface area contributed by atoms with Crippen LogP contribution in [-0.2, 0) is 6.54 Å². The molecule has 20 heavy (non-hydrogen) atoms. The maximum absolute atomic E-state index is 6.05. The number of halogens is 2. The van der Waals surface area contributed by atoms with Gasteiger partial charge in [-0.15, -0.1) is 0 Å². The number of hydrogen-bond acceptors (Lipinski definition) is 4. The van der Waals surface area contributed by atoms with Gasteiger partial charge in [-0.2, -0.15) is 5.10 Å². The molecular formula is C13H10BrClN4O. The van der Waals surface area contributed by atoms with Crippen LogP contribution < -0.4 is 5.32 Å². The summed E-state index contributed by atoms with van der Waals surface area (Å²) in [6.45, 7) is 0.549. The van der Waals surface area contributed by atoms with Gasteiger partial charge in [-0.1, -0.05) is 11.6 Å². The van der Waals surface area contributed by atoms with Crippen LogP contribution in [0.15, 0.2) is 52.1 Å². The number of aromatic nitrogens is 3. The van der Waals surface area contributed by atoms with Crippen LogP contribution in [0.1, 0.15) is 5.76 Å². The van der Waals surface area contributed by atoms with Crippen molar-refractivity contribution in [2.45, 2.75) is 6.54 Å². The molecule has 0 unspecified atom stereocenters. The van der Waals surface area contributed by atoms with E-state index in [9.17, 15) is 0 Å². The van der Waals surface area contributed by atoms with Gasteiger partial charge in [0.1, 0.15) is 18.4 Å². The van der Waals surface area contributed by atoms with Gasteiger partial charge in [0.2, 0.25) is 0 Å². The normalized spacial score (nSPS) is 10.7. The first kappa shape index (κ1) is 13.2. The summed E-state index contributed by atoms with van der Waals surface area (Å²) < 4.78 is 7.84. The third-order valence-corrected chi connectivity index (χ3v) is 3.37. The Morgan fingerprint density at radius 2 is 2.20 bits per heavy atom. The van der Waals surface area contributed by atoms with Crippen LogP contribution in [0.25, 0.3) is 5.69 Å². The van der Waals surface area contributed by atoms with Gasteiger partial charge in [0.25, 0.3) is 0 Å². The monoisotopic (exact) mass is 352 g/mol. The highest BCUT2D eigenvalue weighted by Gasteiger charge is 2.07. The van der Waals surface area contributed by atoms with Gasteiger partial charge in [-0.3, -0.25) is 0 Å². The quantitative estimate of drug-likeness (QED) is 0.773. The molecular weight excluding hydrogens is 344 g/mol. The average Bonchev–Trinajstić information content (AvgIpc) is 3.08. The fourth-order valence-corrected chi connectivity index (χ4v) is 2.32. The Morgan fingerprint density at radius 1 is 1.30 bits per heavy atom. The molecule has 5 nitrogen and oxygen atoms in total. The Morgan fingerprint density at radius 3 is 2.90 bits per heavy atom. The van der Waals surface area contributed by atoms with Crippen molar-refractivity contribution < 1.29 is 4.42 Å². The molecule has 0 aliphatic rings. The lowest BCUT2D eigenvalue weighted by Crippen LogP contribution is -2.04. The highest BCUT2D eigenvalue weighted by Crippen LogP contribution is 2.25. The molecule has 0 radical (unpaired) electrons. The van der Waals surface area contributed by atoms with E-state index in [2.05, 4.69) is 31.3 Å². The minimum absolute atomic E-state index is 0.549. The SMILES string of the molecule is Clc1ccc(-n2cncn2)c(NCc2ccc(Br)o2)c1. The van der Waals surface area contributed by atoms with Crippen molar-refractivity contribution in [3.63, 3.8) is 0 Å². The third kappa shape index (κ3) is 2.86. The molecule has 102 valence electrons. The van der Waals surface area contributed by atoms with E-state index >= 15 is 0 Å². The van der Waals surface area contributed by atoms with Crippen molar-refractivity contribution in [3.05, 3.63) is 58.4 Å². The first-order chi connectivity index (χ1) is 9.72. The van der Waals surface area contributed by atoms with Crippen LogP contribution in [-0.4, -0.2) is 14.8 Å². The van der Waals surface area contributed by atoms with Crippen LogP contribution in [0.5, 0.6) is 0 Å². The predicted molar refractivity (Wildman–Crippen MR) is 80.1 cm³/mol. The van der Waals surface area contributed by atoms with Gasteiger partial charge in [0, 0.05) is 5.02 Å². The smallest absolute Gasteiger partial charge is 0.169 e. The molecule has 0 spiro atoms. The molecule has 0 atom stereocenters. The van der Waals surface area contributed by atoms with Crippen LogP contribution >= 0.6 is 27.5 Å². The zero-order chi connectivity index (χ0) is 13.9. The van der Waals surface area contributed by atoms with E-state index in [4.69, 9.17) is 16.0 Å². The first-order valence-corrected chi connectivity index (χ1v) is 7.02. The maximum Gasteiger partial charge on any atom is 0.169 e. The standard InChI is InChI=1S/C13H10BrClN4O/c14-13-4-2-10(20-13)6-17-11-5-9(15)1-3-12(11)19-8-16-7-18-19/h1-5,7-8,17H,6H2. The molecule has 1 aromatic carbocycles. The molecule has 0 amide bonds. The third-order valence-electron chi connectivity index (χ3n) is 2.71. The van der Waals surface area contributed by atoms with E-state index in [1.807, 2.05) is 30.3 Å². The number of benzene rings is 1. The number of anilines is 1. The highest BCUT2D eigenvalue weighted by atomic mass is 79.9. The molecule has 7 heteroatoms. The zero-order valence-electron chi connectivity index (χ0n) is 10.3. The number of nitrogens with one attached hydrogen (secondary N) is 1. The number of furan rings is 1. The van der Waals surface area contributed by atoms with E-state index in [0.29, 0.717) is 16.2 Å². The Kier molecular flexibility index (Phi) is 3.75. The Balaban J connectivity index is 1.86. The highest BCUT2D eigenvalue weighted by molar-refractivity contribution is 9.10. The van der Waals surface area contributed by atoms with Crippen LogP contribution in [0.4, 0.5) is 5.69 Å². The Hall–Kier alpha value is -1.79. The van der Waals surface area contributed by atoms with Crippen molar-refractivity contribution in [1.82, 2.24) is 14.8 Å². The molecule has 0 aliphatic heterocycles. The second-order valence-electron chi connectivity index (χ2n) is 4.06. The minimum atomic E-state index is 0.549. The van der Waals surface area contributed by atoms with Gasteiger partial charge in [0.15, 0.2) is 4.67 Å². The molecule has 0 bridgehead atoms. The molecule has 0 aliphatic carbocycles. The van der Waals surface area contributed by atoms with Gasteiger partial charge in [-0.25, -0.2) is 9.67 Å². The summed E-state index contributed by atoms with van der Waals surface area (Å²) in [6.07, 6.45) is 3.12. The number of rotatable bonds is 4. The van der Waals surface area contributed by atoms with Crippen LogP contribution in [0, 0.1) is 0 Å². The van der Waals surface area contributed by atoms with Gasteiger partial charge >= 0.3 is 0 Å². The fraction of sp³-hybridized carbons (Fsp3) is 0.0769. The van der Waals surface area contributed by atoms with Crippen molar-refractivity contribution in [2.24, 2.45) is 0 Å². The van der Waals surface area contributed by atoms with E-state index < -0.39 is 0 Å². The lowest BCUT2D eigenvalue weighted by atomic mass is 10.2. The molecule has 1 N–H and O–H groups in total. The lowest BCUT2D eigenvalue weighted by molar-refractivity contribution is 0.495. The first-order valence-electron chi connectivity index (χ1n) is 5.85. The average molecular weight is 354 g/mol. The second kappa shape index (κ2) is 5.68. The predicted octanol–water partition coefficient (Wildman–Crippen LogP) is 3.89. The Labute approximate surface area is 128 Å². The van der Waals surface area contributed by atoms with E-state index in [1.165, 1.54) is 6.33 Å². The lowest BCUT2D eigenvalue weighted by Gasteiger charge is -2.11. The molecule has 0 fully saturated rings. The largest absolute Gasteiger partial charge is 0.452 e. The van der Waals surface area contributed by atoms with Crippen LogP contribution in [0.2, 0.25) is 5.02 Å². The van der Waals surface area contributed by atoms with Crippen molar-refractivity contribution in [3.8, 4) is 5.69 Å². The summed E-state index contributed by atoms with van der Waals surface area (Å²) in [5, 5.41) is 8.06. The van der Waals surface area contributed by atoms with E-state index in [1.54, 1.807) is 11.0 Å². The number of nitrogens with zero attached hydrogens (tertiary/aromatic N) is 3. The molecule has 3 aromatic rings. The van der Waals surface area contributed by atoms with Crippen molar-refractivity contribution >= 4 is 33.2 Å². The summed E-state index contributed by atoms with van der Waals surface area (Å²) in [7, 11) is 0. The topological polar surface area (TPSA) is 55.9 Å². The van der Waals surface area contributed by atoms with Crippen LogP contribution in [0.3, 0.4) is 0 Å². The summed E-state index contributed by atoms with van der Waals surface area (Å²) in [6, 6.07) is 9.30. The molecule has 0 saturated heterocycles. The molecule has 3 rings (SSSR count).